The smallest absolute Gasteiger partial charge is 0.250 e. The summed E-state index contributed by atoms with van der Waals surface area (Å²) < 4.78 is 1.66. The van der Waals surface area contributed by atoms with Gasteiger partial charge in [0.05, 0.1) is 18.1 Å². The maximum Gasteiger partial charge on any atom is 0.250 e. The van der Waals surface area contributed by atoms with Crippen LogP contribution in [0.3, 0.4) is 0 Å². The summed E-state index contributed by atoms with van der Waals surface area (Å²) in [7, 11) is 0. The second-order valence-corrected chi connectivity index (χ2v) is 3.82. The van der Waals surface area contributed by atoms with Crippen molar-refractivity contribution < 1.29 is 0 Å². The maximum atomic E-state index is 4.21. The average Bonchev–Trinajstić information content (AvgIpc) is 2.88. The Kier molecular flexibility index (Phi) is 4.46. The highest BCUT2D eigenvalue weighted by atomic mass is 15.3. The van der Waals surface area contributed by atoms with Crippen LogP contribution >= 0.6 is 0 Å². The Morgan fingerprint density at radius 3 is 2.89 bits per heavy atom. The van der Waals surface area contributed by atoms with Crippen LogP contribution < -0.4 is 5.32 Å². The van der Waals surface area contributed by atoms with Crippen molar-refractivity contribution in [2.45, 2.75) is 19.8 Å². The van der Waals surface area contributed by atoms with Crippen molar-refractivity contribution in [1.29, 1.82) is 0 Å². The number of rotatable bonds is 6. The van der Waals surface area contributed by atoms with Gasteiger partial charge < -0.3 is 5.32 Å². The number of nitrogens with zero attached hydrogens (tertiary/aromatic N) is 4. The molecule has 0 aliphatic rings. The molecule has 94 valence electrons. The number of hydrogen-bond donors (Lipinski definition) is 1. The normalized spacial score (nSPS) is 10.9. The lowest BCUT2D eigenvalue weighted by atomic mass is 10.3. The van der Waals surface area contributed by atoms with Crippen LogP contribution in [0.5, 0.6) is 0 Å². The molecule has 5 nitrogen and oxygen atoms in total. The molecule has 0 aliphatic carbocycles. The van der Waals surface area contributed by atoms with Crippen LogP contribution in [0.1, 0.15) is 19.8 Å². The van der Waals surface area contributed by atoms with Gasteiger partial charge in [-0.2, -0.15) is 5.10 Å². The molecular weight excluding hydrogens is 226 g/mol. The highest BCUT2D eigenvalue weighted by Crippen LogP contribution is 2.07. The van der Waals surface area contributed by atoms with Gasteiger partial charge in [-0.3, -0.25) is 0 Å². The summed E-state index contributed by atoms with van der Waals surface area (Å²) in [6, 6.07) is 1.78. The van der Waals surface area contributed by atoms with Crippen molar-refractivity contribution in [1.82, 2.24) is 19.7 Å². The number of allylic oxidation sites excluding steroid dienone is 1. The summed E-state index contributed by atoms with van der Waals surface area (Å²) in [4.78, 5) is 8.27. The number of hydrogen-bond acceptors (Lipinski definition) is 4. The monoisotopic (exact) mass is 243 g/mol. The number of nitrogens with one attached hydrogen (secondary N) is 1. The van der Waals surface area contributed by atoms with Crippen LogP contribution in [0.25, 0.3) is 5.95 Å². The van der Waals surface area contributed by atoms with Crippen molar-refractivity contribution in [3.63, 3.8) is 0 Å². The summed E-state index contributed by atoms with van der Waals surface area (Å²) >= 11 is 0. The van der Waals surface area contributed by atoms with E-state index in [1.54, 1.807) is 29.3 Å². The zero-order valence-corrected chi connectivity index (χ0v) is 10.5. The minimum Gasteiger partial charge on any atom is -0.382 e. The molecular formula is C13H17N5. The summed E-state index contributed by atoms with van der Waals surface area (Å²) in [6.45, 7) is 3.03. The lowest BCUT2D eigenvalue weighted by molar-refractivity contribution is 0.808. The first-order valence-electron chi connectivity index (χ1n) is 6.11. The highest BCUT2D eigenvalue weighted by molar-refractivity contribution is 5.39. The molecule has 1 N–H and O–H groups in total. The van der Waals surface area contributed by atoms with Gasteiger partial charge in [0, 0.05) is 18.9 Å². The van der Waals surface area contributed by atoms with Gasteiger partial charge in [0.25, 0.3) is 0 Å². The van der Waals surface area contributed by atoms with E-state index >= 15 is 0 Å². The third-order valence-corrected chi connectivity index (χ3v) is 2.38. The molecule has 2 aromatic heterocycles. The Labute approximate surface area is 107 Å². The fraction of sp³-hybridized carbons (Fsp3) is 0.308. The fourth-order valence-electron chi connectivity index (χ4n) is 1.52. The lowest BCUT2D eigenvalue weighted by Crippen LogP contribution is -2.01. The topological polar surface area (TPSA) is 55.6 Å². The summed E-state index contributed by atoms with van der Waals surface area (Å²) in [5.74, 6) is 0.580. The van der Waals surface area contributed by atoms with E-state index in [4.69, 9.17) is 0 Å². The van der Waals surface area contributed by atoms with Crippen LogP contribution in [0.2, 0.25) is 0 Å². The molecule has 0 amide bonds. The molecule has 18 heavy (non-hydrogen) atoms. The van der Waals surface area contributed by atoms with Crippen molar-refractivity contribution in [2.24, 2.45) is 0 Å². The number of aromatic nitrogens is 4. The standard InChI is InChI=1S/C13H17N5/c1-2-3-4-5-7-14-12-10-17-18(11-12)13-15-8-6-9-16-13/h3-4,6,8-11,14H,2,5,7H2,1H3/b4-3+. The van der Waals surface area contributed by atoms with Gasteiger partial charge in [-0.25, -0.2) is 14.6 Å². The van der Waals surface area contributed by atoms with Crippen LogP contribution in [0.4, 0.5) is 5.69 Å². The first kappa shape index (κ1) is 12.3. The third-order valence-electron chi connectivity index (χ3n) is 2.38. The van der Waals surface area contributed by atoms with E-state index in [0.717, 1.165) is 25.1 Å². The molecule has 0 spiro atoms. The van der Waals surface area contributed by atoms with E-state index in [2.05, 4.69) is 39.5 Å². The van der Waals surface area contributed by atoms with E-state index < -0.39 is 0 Å². The first-order valence-corrected chi connectivity index (χ1v) is 6.11. The molecule has 0 bridgehead atoms. The Bertz CT molecular complexity index is 489. The Balaban J connectivity index is 1.89. The second kappa shape index (κ2) is 6.54. The summed E-state index contributed by atoms with van der Waals surface area (Å²) in [5.41, 5.74) is 0.979. The molecule has 0 aromatic carbocycles. The van der Waals surface area contributed by atoms with Crippen LogP contribution in [-0.4, -0.2) is 26.3 Å². The predicted molar refractivity (Wildman–Crippen MR) is 71.7 cm³/mol. The van der Waals surface area contributed by atoms with Crippen LogP contribution in [-0.2, 0) is 0 Å². The van der Waals surface area contributed by atoms with E-state index in [0.29, 0.717) is 5.95 Å². The van der Waals surface area contributed by atoms with Crippen molar-refractivity contribution >= 4 is 5.69 Å². The summed E-state index contributed by atoms with van der Waals surface area (Å²) in [5, 5.41) is 7.52. The van der Waals surface area contributed by atoms with E-state index in [1.165, 1.54) is 0 Å². The molecule has 0 atom stereocenters. The van der Waals surface area contributed by atoms with Crippen molar-refractivity contribution in [3.05, 3.63) is 43.0 Å². The third kappa shape index (κ3) is 3.41. The molecule has 0 fully saturated rings. The Hall–Kier alpha value is -2.17. The quantitative estimate of drug-likeness (QED) is 0.625. The zero-order valence-electron chi connectivity index (χ0n) is 10.5. The van der Waals surface area contributed by atoms with E-state index in [9.17, 15) is 0 Å². The SMILES string of the molecule is CC/C=C/CCNc1cnn(-c2ncccn2)c1. The minimum atomic E-state index is 0.580. The van der Waals surface area contributed by atoms with Gasteiger partial charge in [-0.1, -0.05) is 19.1 Å². The molecule has 2 heterocycles. The number of anilines is 1. The van der Waals surface area contributed by atoms with Gasteiger partial charge in [0.15, 0.2) is 0 Å². The average molecular weight is 243 g/mol. The predicted octanol–water partition coefficient (Wildman–Crippen LogP) is 2.43. The van der Waals surface area contributed by atoms with E-state index in [1.807, 2.05) is 6.20 Å². The van der Waals surface area contributed by atoms with Gasteiger partial charge >= 0.3 is 0 Å². The lowest BCUT2D eigenvalue weighted by Gasteiger charge is -1.99. The second-order valence-electron chi connectivity index (χ2n) is 3.82. The van der Waals surface area contributed by atoms with Crippen molar-refractivity contribution in [3.8, 4) is 5.95 Å². The van der Waals surface area contributed by atoms with Crippen molar-refractivity contribution in [2.75, 3.05) is 11.9 Å². The summed E-state index contributed by atoms with van der Waals surface area (Å²) in [6.07, 6.45) is 13.5. The minimum absolute atomic E-state index is 0.580. The van der Waals surface area contributed by atoms with Crippen LogP contribution in [0, 0.1) is 0 Å². The van der Waals surface area contributed by atoms with Gasteiger partial charge in [-0.05, 0) is 18.9 Å². The molecule has 0 saturated carbocycles. The Morgan fingerprint density at radius 2 is 2.11 bits per heavy atom. The molecule has 2 rings (SSSR count). The highest BCUT2D eigenvalue weighted by Gasteiger charge is 2.01. The molecule has 2 aromatic rings. The zero-order chi connectivity index (χ0) is 12.6. The molecule has 0 aliphatic heterocycles. The van der Waals surface area contributed by atoms with Gasteiger partial charge in [-0.15, -0.1) is 0 Å². The van der Waals surface area contributed by atoms with Gasteiger partial charge in [0.1, 0.15) is 0 Å². The molecule has 0 unspecified atom stereocenters. The van der Waals surface area contributed by atoms with E-state index in [-0.39, 0.29) is 0 Å². The molecule has 0 radical (unpaired) electrons. The first-order chi connectivity index (χ1) is 8.90. The fourth-order valence-corrected chi connectivity index (χ4v) is 1.52. The maximum absolute atomic E-state index is 4.21. The molecule has 0 saturated heterocycles. The molecule has 5 heteroatoms. The van der Waals surface area contributed by atoms with Crippen LogP contribution in [0.15, 0.2) is 43.0 Å². The Morgan fingerprint density at radius 1 is 1.28 bits per heavy atom. The largest absolute Gasteiger partial charge is 0.382 e. The van der Waals surface area contributed by atoms with Gasteiger partial charge in [0.2, 0.25) is 5.95 Å².